The number of esters is 1. The third kappa shape index (κ3) is 9.65. The molecular weight excluding hydrogens is 795 g/mol. The molecule has 3 aromatic heterocycles. The molecule has 312 valence electrons. The first kappa shape index (κ1) is 43.0. The number of cyclic esters (lactones) is 1. The van der Waals surface area contributed by atoms with Crippen LogP contribution in [-0.4, -0.2) is 97.2 Å². The molecule has 2 aliphatic rings. The number of aromatic nitrogens is 5. The first-order valence-corrected chi connectivity index (χ1v) is 22.6. The summed E-state index contributed by atoms with van der Waals surface area (Å²) in [7, 11) is 2.02. The Morgan fingerprint density at radius 2 is 1.54 bits per heavy atom. The predicted octanol–water partition coefficient (Wildman–Crippen LogP) is 3.60. The van der Waals surface area contributed by atoms with Crippen molar-refractivity contribution < 1.29 is 26.4 Å². The van der Waals surface area contributed by atoms with Crippen molar-refractivity contribution in [2.45, 2.75) is 30.1 Å². The second-order valence-corrected chi connectivity index (χ2v) is 18.9. The first-order valence-electron chi connectivity index (χ1n) is 19.0. The molecule has 0 radical (unpaired) electrons. The Kier molecular flexibility index (Phi) is 12.9. The van der Waals surface area contributed by atoms with Crippen molar-refractivity contribution >= 4 is 59.0 Å². The van der Waals surface area contributed by atoms with E-state index < -0.39 is 19.9 Å². The number of likely N-dealkylation sites (tertiary alicyclic amines) is 1. The Morgan fingerprint density at radius 1 is 0.864 bits per heavy atom. The number of carbonyl (C=O) groups is 1. The molecule has 5 heterocycles. The average molecular weight is 844 g/mol. The number of benzene rings is 3. The van der Waals surface area contributed by atoms with Gasteiger partial charge in [-0.3, -0.25) is 13.9 Å². The van der Waals surface area contributed by atoms with Gasteiger partial charge in [-0.25, -0.2) is 36.1 Å². The topological polar surface area (TPSA) is 187 Å². The lowest BCUT2D eigenvalue weighted by Gasteiger charge is -2.28. The maximum absolute atomic E-state index is 12.0. The van der Waals surface area contributed by atoms with Crippen molar-refractivity contribution in [1.82, 2.24) is 33.3 Å². The number of nitrogens with zero attached hydrogens (tertiary/aromatic N) is 5. The summed E-state index contributed by atoms with van der Waals surface area (Å²) in [4.78, 5) is 45.2. The van der Waals surface area contributed by atoms with Gasteiger partial charge < -0.3 is 19.2 Å². The van der Waals surface area contributed by atoms with Crippen LogP contribution >= 0.6 is 0 Å². The Labute approximate surface area is 342 Å². The highest BCUT2D eigenvalue weighted by Crippen LogP contribution is 2.34. The number of carbonyl (C=O) groups excluding carboxylic acids is 1. The minimum absolute atomic E-state index is 0.128. The molecule has 0 aliphatic carbocycles. The van der Waals surface area contributed by atoms with Crippen molar-refractivity contribution in [3.05, 3.63) is 128 Å². The van der Waals surface area contributed by atoms with Crippen LogP contribution in [0.4, 0.5) is 0 Å². The number of rotatable bonds is 8. The maximum Gasteiger partial charge on any atom is 0.339 e. The van der Waals surface area contributed by atoms with E-state index in [1.54, 1.807) is 42.9 Å². The van der Waals surface area contributed by atoms with Gasteiger partial charge in [0.2, 0.25) is 10.0 Å². The smallest absolute Gasteiger partial charge is 0.339 e. The van der Waals surface area contributed by atoms with E-state index in [4.69, 9.17) is 4.74 Å². The fraction of sp³-hybridized carbons (Fsp3) is 0.333. The quantitative estimate of drug-likeness (QED) is 0.215. The summed E-state index contributed by atoms with van der Waals surface area (Å²) in [5.41, 5.74) is 6.67. The molecule has 0 spiro atoms. The molecule has 3 aromatic carbocycles. The van der Waals surface area contributed by atoms with Crippen LogP contribution in [0.3, 0.4) is 0 Å². The van der Waals surface area contributed by atoms with Crippen molar-refractivity contribution in [2.24, 2.45) is 21.1 Å². The summed E-state index contributed by atoms with van der Waals surface area (Å²) in [6, 6.07) is 22.0. The van der Waals surface area contributed by atoms with E-state index in [2.05, 4.69) is 45.0 Å². The average Bonchev–Trinajstić information content (AvgIpc) is 3.95. The molecule has 0 atom stereocenters. The maximum atomic E-state index is 12.0. The lowest BCUT2D eigenvalue weighted by Crippen LogP contribution is -2.37. The van der Waals surface area contributed by atoms with Crippen LogP contribution < -0.4 is 16.0 Å². The van der Waals surface area contributed by atoms with E-state index in [-0.39, 0.29) is 34.5 Å². The second-order valence-electron chi connectivity index (χ2n) is 14.8. The number of nitrogens with one attached hydrogen (secondary N) is 2. The summed E-state index contributed by atoms with van der Waals surface area (Å²) in [6.45, 7) is 2.47. The van der Waals surface area contributed by atoms with E-state index in [1.165, 1.54) is 55.0 Å². The van der Waals surface area contributed by atoms with Gasteiger partial charge in [-0.1, -0.05) is 48.5 Å². The largest absolute Gasteiger partial charge is 0.457 e. The van der Waals surface area contributed by atoms with Gasteiger partial charge in [0.15, 0.2) is 21.0 Å². The Hall–Kier alpha value is -5.62. The van der Waals surface area contributed by atoms with Crippen LogP contribution in [0.5, 0.6) is 0 Å². The third-order valence-corrected chi connectivity index (χ3v) is 13.3. The zero-order chi connectivity index (χ0) is 42.6. The summed E-state index contributed by atoms with van der Waals surface area (Å²) in [6.07, 6.45) is 7.72. The van der Waals surface area contributed by atoms with E-state index in [9.17, 15) is 31.2 Å². The zero-order valence-corrected chi connectivity index (χ0v) is 35.6. The number of sulfone groups is 1. The number of aryl methyl sites for hydroxylation is 3. The first-order chi connectivity index (χ1) is 28.0. The molecule has 8 rings (SSSR count). The standard InChI is InChI=1S/C17H25N3O2S.C17H14O4S.C8H10N4O2/c1-18-23(21,22)10-7-13-3-4-17-15(11-13)16(12-19-17)14-5-8-20(2)9-6-14;1-22(19,20)14-9-7-12(8-10-14)15-11-21-17(18)16(15)13-5-3-2-4-6-13;1-10-4-9-6-5(10)7(13)12(3)8(14)11(6)2/h3-4,11-12,14,18-19H,5-10H2,1-2H3;2-10H,11H2,1H3;4H,1-3H3. The Balaban J connectivity index is 0.000000153. The summed E-state index contributed by atoms with van der Waals surface area (Å²) in [5.74, 6) is 0.368. The molecule has 1 saturated heterocycles. The minimum atomic E-state index is -3.23. The van der Waals surface area contributed by atoms with Crippen LogP contribution in [-0.2, 0) is 57.0 Å². The molecule has 59 heavy (non-hydrogen) atoms. The van der Waals surface area contributed by atoms with Gasteiger partial charge in [0, 0.05) is 50.1 Å². The number of imidazole rings is 1. The summed E-state index contributed by atoms with van der Waals surface area (Å²) >= 11 is 0. The highest BCUT2D eigenvalue weighted by atomic mass is 32.2. The molecule has 15 nitrogen and oxygen atoms in total. The summed E-state index contributed by atoms with van der Waals surface area (Å²) in [5, 5.41) is 1.25. The van der Waals surface area contributed by atoms with Gasteiger partial charge in [-0.2, -0.15) is 0 Å². The Morgan fingerprint density at radius 3 is 2.19 bits per heavy atom. The molecule has 2 aliphatic heterocycles. The lowest BCUT2D eigenvalue weighted by atomic mass is 9.89. The summed E-state index contributed by atoms with van der Waals surface area (Å²) < 4.78 is 57.8. The van der Waals surface area contributed by atoms with E-state index in [0.717, 1.165) is 45.4 Å². The normalized spacial score (nSPS) is 15.2. The molecular formula is C42H49N7O8S2. The number of aromatic amines is 1. The van der Waals surface area contributed by atoms with Crippen LogP contribution in [0.1, 0.15) is 41.0 Å². The van der Waals surface area contributed by atoms with Gasteiger partial charge in [0.1, 0.15) is 6.61 Å². The monoisotopic (exact) mass is 843 g/mol. The predicted molar refractivity (Wildman–Crippen MR) is 229 cm³/mol. The molecule has 0 bridgehead atoms. The highest BCUT2D eigenvalue weighted by Gasteiger charge is 2.27. The lowest BCUT2D eigenvalue weighted by molar-refractivity contribution is -0.133. The molecule has 0 unspecified atom stereocenters. The number of hydrogen-bond acceptors (Lipinski definition) is 10. The fourth-order valence-electron chi connectivity index (χ4n) is 7.26. The van der Waals surface area contributed by atoms with Crippen LogP contribution in [0.25, 0.3) is 33.2 Å². The van der Waals surface area contributed by atoms with Gasteiger partial charge in [0.25, 0.3) is 5.56 Å². The fourth-order valence-corrected chi connectivity index (χ4v) is 8.60. The molecule has 6 aromatic rings. The van der Waals surface area contributed by atoms with E-state index in [1.807, 2.05) is 36.4 Å². The van der Waals surface area contributed by atoms with Gasteiger partial charge in [-0.15, -0.1) is 0 Å². The number of H-pyrrole nitrogens is 1. The zero-order valence-electron chi connectivity index (χ0n) is 33.9. The number of piperidine rings is 1. The molecule has 0 amide bonds. The molecule has 2 N–H and O–H groups in total. The minimum Gasteiger partial charge on any atom is -0.457 e. The van der Waals surface area contributed by atoms with Crippen LogP contribution in [0, 0.1) is 0 Å². The van der Waals surface area contributed by atoms with Crippen LogP contribution in [0.2, 0.25) is 0 Å². The van der Waals surface area contributed by atoms with Crippen molar-refractivity contribution in [3.63, 3.8) is 0 Å². The number of hydrogen-bond donors (Lipinski definition) is 2. The van der Waals surface area contributed by atoms with Crippen molar-refractivity contribution in [3.8, 4) is 0 Å². The van der Waals surface area contributed by atoms with Crippen LogP contribution in [0.15, 0.2) is 99.8 Å². The second kappa shape index (κ2) is 17.7. The highest BCUT2D eigenvalue weighted by molar-refractivity contribution is 7.90. The molecule has 1 fully saturated rings. The molecule has 17 heteroatoms. The number of fused-ring (bicyclic) bond motifs is 2. The van der Waals surface area contributed by atoms with Crippen molar-refractivity contribution in [2.75, 3.05) is 45.8 Å². The van der Waals surface area contributed by atoms with Gasteiger partial charge in [0.05, 0.1) is 22.5 Å². The Bertz CT molecular complexity index is 2870. The SMILES string of the molecule is CNS(=O)(=O)CCc1ccc2[nH]cc(C3CCN(C)CC3)c2c1.CS(=O)(=O)c1ccc(C2=C(c3ccccc3)C(=O)OC2)cc1.Cn1c(=O)c2c(ncn2C)n(C)c1=O. The number of sulfonamides is 1. The van der Waals surface area contributed by atoms with E-state index in [0.29, 0.717) is 29.1 Å². The van der Waals surface area contributed by atoms with Gasteiger partial charge in [-0.05, 0) is 98.9 Å². The number of ether oxygens (including phenoxy) is 1. The molecule has 0 saturated carbocycles. The van der Waals surface area contributed by atoms with E-state index >= 15 is 0 Å². The van der Waals surface area contributed by atoms with Gasteiger partial charge >= 0.3 is 11.7 Å². The van der Waals surface area contributed by atoms with Crippen molar-refractivity contribution in [1.29, 1.82) is 0 Å². The third-order valence-electron chi connectivity index (χ3n) is 10.8.